The predicted molar refractivity (Wildman–Crippen MR) is 104 cm³/mol. The number of fused-ring (bicyclic) bond motifs is 1. The smallest absolute Gasteiger partial charge is 0.163 e. The van der Waals surface area contributed by atoms with E-state index in [0.29, 0.717) is 0 Å². The molecule has 0 saturated heterocycles. The third-order valence-electron chi connectivity index (χ3n) is 5.53. The molecule has 4 nitrogen and oxygen atoms in total. The van der Waals surface area contributed by atoms with Crippen LogP contribution in [0, 0.1) is 13.8 Å². The number of nitrogens with zero attached hydrogens (tertiary/aromatic N) is 1. The first kappa shape index (κ1) is 18.5. The van der Waals surface area contributed by atoms with E-state index in [1.807, 2.05) is 13.0 Å². The zero-order valence-corrected chi connectivity index (χ0v) is 16.3. The summed E-state index contributed by atoms with van der Waals surface area (Å²) >= 11 is 0. The largest absolute Gasteiger partial charge is 0.493 e. The molecule has 1 aliphatic heterocycles. The van der Waals surface area contributed by atoms with Crippen LogP contribution in [0.15, 0.2) is 24.3 Å². The van der Waals surface area contributed by atoms with Crippen molar-refractivity contribution in [2.75, 3.05) is 27.8 Å². The van der Waals surface area contributed by atoms with Crippen molar-refractivity contribution in [3.8, 4) is 11.5 Å². The number of hydrogen-bond donors (Lipinski definition) is 0. The van der Waals surface area contributed by atoms with Crippen molar-refractivity contribution in [2.24, 2.45) is 0 Å². The van der Waals surface area contributed by atoms with E-state index in [0.717, 1.165) is 53.9 Å². The van der Waals surface area contributed by atoms with E-state index in [-0.39, 0.29) is 6.04 Å². The highest BCUT2D eigenvalue weighted by Gasteiger charge is 2.29. The molecule has 2 aromatic carbocycles. The first-order valence-electron chi connectivity index (χ1n) is 8.99. The Bertz CT molecular complexity index is 829. The SMILES string of the molecule is COc1cc2c(c(C)c1OC)C(Cc1ccc(C=O)c(C)c1)N(C)CC2. The van der Waals surface area contributed by atoms with E-state index >= 15 is 0 Å². The molecule has 1 aliphatic rings. The van der Waals surface area contributed by atoms with Gasteiger partial charge in [-0.25, -0.2) is 0 Å². The molecular weight excluding hydrogens is 326 g/mol. The fourth-order valence-corrected chi connectivity index (χ4v) is 4.08. The zero-order chi connectivity index (χ0) is 18.8. The Morgan fingerprint density at radius 1 is 1.19 bits per heavy atom. The lowest BCUT2D eigenvalue weighted by atomic mass is 9.85. The predicted octanol–water partition coefficient (Wildman–Crippen LogP) is 3.90. The summed E-state index contributed by atoms with van der Waals surface area (Å²) in [4.78, 5) is 13.5. The molecule has 1 atom stereocenters. The average Bonchev–Trinajstić information content (AvgIpc) is 2.63. The third kappa shape index (κ3) is 3.21. The number of carbonyl (C=O) groups is 1. The maximum atomic E-state index is 11.1. The van der Waals surface area contributed by atoms with E-state index < -0.39 is 0 Å². The van der Waals surface area contributed by atoms with Gasteiger partial charge in [-0.05, 0) is 67.6 Å². The number of methoxy groups -OCH3 is 2. The molecule has 1 unspecified atom stereocenters. The number of likely N-dealkylation sites (N-methyl/N-ethyl adjacent to an activating group) is 1. The van der Waals surface area contributed by atoms with E-state index in [9.17, 15) is 4.79 Å². The van der Waals surface area contributed by atoms with E-state index in [1.54, 1.807) is 14.2 Å². The van der Waals surface area contributed by atoms with Crippen LogP contribution >= 0.6 is 0 Å². The molecule has 4 heteroatoms. The average molecular weight is 353 g/mol. The van der Waals surface area contributed by atoms with Gasteiger partial charge in [-0.2, -0.15) is 0 Å². The minimum Gasteiger partial charge on any atom is -0.493 e. The highest BCUT2D eigenvalue weighted by Crippen LogP contribution is 2.42. The van der Waals surface area contributed by atoms with Crippen molar-refractivity contribution >= 4 is 6.29 Å². The third-order valence-corrected chi connectivity index (χ3v) is 5.53. The van der Waals surface area contributed by atoms with Crippen LogP contribution < -0.4 is 9.47 Å². The van der Waals surface area contributed by atoms with Crippen molar-refractivity contribution in [1.29, 1.82) is 0 Å². The highest BCUT2D eigenvalue weighted by molar-refractivity contribution is 5.77. The molecule has 0 fully saturated rings. The lowest BCUT2D eigenvalue weighted by molar-refractivity contribution is 0.112. The molecule has 3 rings (SSSR count). The monoisotopic (exact) mass is 353 g/mol. The van der Waals surface area contributed by atoms with Crippen LogP contribution in [-0.2, 0) is 12.8 Å². The van der Waals surface area contributed by atoms with Gasteiger partial charge in [0.05, 0.1) is 14.2 Å². The number of aldehydes is 1. The van der Waals surface area contributed by atoms with Crippen LogP contribution in [-0.4, -0.2) is 39.0 Å². The maximum absolute atomic E-state index is 11.1. The molecule has 0 amide bonds. The molecule has 0 aromatic heterocycles. The van der Waals surface area contributed by atoms with Gasteiger partial charge in [-0.3, -0.25) is 9.69 Å². The molecule has 1 heterocycles. The van der Waals surface area contributed by atoms with E-state index in [1.165, 1.54) is 16.7 Å². The zero-order valence-electron chi connectivity index (χ0n) is 16.3. The van der Waals surface area contributed by atoms with Gasteiger partial charge in [0.25, 0.3) is 0 Å². The van der Waals surface area contributed by atoms with Crippen molar-refractivity contribution < 1.29 is 14.3 Å². The first-order chi connectivity index (χ1) is 12.5. The normalized spacial score (nSPS) is 16.9. The van der Waals surface area contributed by atoms with E-state index in [4.69, 9.17) is 9.47 Å². The van der Waals surface area contributed by atoms with Gasteiger partial charge in [0.15, 0.2) is 11.5 Å². The van der Waals surface area contributed by atoms with Crippen molar-refractivity contribution in [2.45, 2.75) is 32.7 Å². The molecule has 0 N–H and O–H groups in total. The van der Waals surface area contributed by atoms with Gasteiger partial charge in [-0.15, -0.1) is 0 Å². The summed E-state index contributed by atoms with van der Waals surface area (Å²) in [6, 6.07) is 8.52. The van der Waals surface area contributed by atoms with Gasteiger partial charge in [0.1, 0.15) is 6.29 Å². The van der Waals surface area contributed by atoms with Gasteiger partial charge >= 0.3 is 0 Å². The van der Waals surface area contributed by atoms with Crippen LogP contribution in [0.1, 0.15) is 44.2 Å². The van der Waals surface area contributed by atoms with Crippen molar-refractivity contribution in [3.63, 3.8) is 0 Å². The molecule has 0 bridgehead atoms. The molecule has 138 valence electrons. The number of benzene rings is 2. The summed E-state index contributed by atoms with van der Waals surface area (Å²) in [6.07, 6.45) is 2.83. The van der Waals surface area contributed by atoms with Crippen molar-refractivity contribution in [1.82, 2.24) is 4.90 Å². The second-order valence-corrected chi connectivity index (χ2v) is 7.07. The number of aryl methyl sites for hydroxylation is 1. The van der Waals surface area contributed by atoms with Crippen LogP contribution in [0.5, 0.6) is 11.5 Å². The van der Waals surface area contributed by atoms with Crippen LogP contribution in [0.4, 0.5) is 0 Å². The van der Waals surface area contributed by atoms with Gasteiger partial charge < -0.3 is 9.47 Å². The number of rotatable bonds is 5. The molecule has 26 heavy (non-hydrogen) atoms. The topological polar surface area (TPSA) is 38.8 Å². The Kier molecular flexibility index (Phi) is 5.33. The summed E-state index contributed by atoms with van der Waals surface area (Å²) < 4.78 is 11.2. The van der Waals surface area contributed by atoms with Gasteiger partial charge in [0.2, 0.25) is 0 Å². The highest BCUT2D eigenvalue weighted by atomic mass is 16.5. The Morgan fingerprint density at radius 3 is 2.58 bits per heavy atom. The Labute approximate surface area is 155 Å². The summed E-state index contributed by atoms with van der Waals surface area (Å²) in [7, 11) is 5.56. The van der Waals surface area contributed by atoms with Gasteiger partial charge in [-0.1, -0.05) is 18.2 Å². The maximum Gasteiger partial charge on any atom is 0.163 e. The van der Waals surface area contributed by atoms with Crippen LogP contribution in [0.25, 0.3) is 0 Å². The van der Waals surface area contributed by atoms with Crippen molar-refractivity contribution in [3.05, 3.63) is 57.6 Å². The van der Waals surface area contributed by atoms with E-state index in [2.05, 4.69) is 37.1 Å². The molecular formula is C22H27NO3. The fraction of sp³-hybridized carbons (Fsp3) is 0.409. The summed E-state index contributed by atoms with van der Waals surface area (Å²) in [5.74, 6) is 1.62. The number of ether oxygens (including phenoxy) is 2. The van der Waals surface area contributed by atoms with Gasteiger partial charge in [0, 0.05) is 18.2 Å². The Balaban J connectivity index is 2.04. The second kappa shape index (κ2) is 7.50. The number of hydrogen-bond acceptors (Lipinski definition) is 4. The number of carbonyl (C=O) groups excluding carboxylic acids is 1. The summed E-state index contributed by atoms with van der Waals surface area (Å²) in [5, 5.41) is 0. The minimum atomic E-state index is 0.278. The quantitative estimate of drug-likeness (QED) is 0.764. The fourth-order valence-electron chi connectivity index (χ4n) is 4.08. The lowest BCUT2D eigenvalue weighted by Crippen LogP contribution is -2.34. The standard InChI is InChI=1S/C22H27NO3/c1-14-10-16(6-7-18(14)13-24)11-19-21-15(2)22(26-5)20(25-4)12-17(21)8-9-23(19)3/h6-7,10,12-13,19H,8-9,11H2,1-5H3. The second-order valence-electron chi connectivity index (χ2n) is 7.07. The first-order valence-corrected chi connectivity index (χ1v) is 8.99. The lowest BCUT2D eigenvalue weighted by Gasteiger charge is -2.37. The minimum absolute atomic E-state index is 0.278. The molecule has 0 aliphatic carbocycles. The van der Waals surface area contributed by atoms with Crippen LogP contribution in [0.3, 0.4) is 0 Å². The Hall–Kier alpha value is -2.33. The Morgan fingerprint density at radius 2 is 1.96 bits per heavy atom. The summed E-state index contributed by atoms with van der Waals surface area (Å²) in [6.45, 7) is 5.12. The van der Waals surface area contributed by atoms with Crippen LogP contribution in [0.2, 0.25) is 0 Å². The molecule has 2 aromatic rings. The molecule has 0 spiro atoms. The summed E-state index contributed by atoms with van der Waals surface area (Å²) in [5.41, 5.74) is 6.86. The molecule has 0 radical (unpaired) electrons. The molecule has 0 saturated carbocycles.